The summed E-state index contributed by atoms with van der Waals surface area (Å²) < 4.78 is 11.9. The number of aliphatic hydroxyl groups excluding tert-OH is 1. The van der Waals surface area contributed by atoms with Gasteiger partial charge in [-0.2, -0.15) is 0 Å². The van der Waals surface area contributed by atoms with Gasteiger partial charge < -0.3 is 14.9 Å². The number of anilines is 1. The summed E-state index contributed by atoms with van der Waals surface area (Å²) in [5, 5.41) is 11.2. The summed E-state index contributed by atoms with van der Waals surface area (Å²) in [4.78, 5) is 9.19. The number of likely N-dealkylation sites (tertiary alicyclic amines) is 1. The maximum Gasteiger partial charge on any atom is 0.129 e. The van der Waals surface area contributed by atoms with Crippen LogP contribution in [0.15, 0.2) is 66.9 Å². The number of hydrogen-bond acceptors (Lipinski definition) is 4. The van der Waals surface area contributed by atoms with Crippen LogP contribution in [0.5, 0.6) is 0 Å². The van der Waals surface area contributed by atoms with Crippen LogP contribution in [0.4, 0.5) is 10.1 Å². The van der Waals surface area contributed by atoms with Gasteiger partial charge in [0.25, 0.3) is 0 Å². The number of halogens is 2. The molecule has 1 unspecified atom stereocenters. The van der Waals surface area contributed by atoms with Crippen LogP contribution in [0.1, 0.15) is 42.6 Å². The largest absolute Gasteiger partial charge is 0.384 e. The molecule has 6 heteroatoms. The SMILES string of the molecule is CCN1CCC(N2CCc3ccc(C(O)c4ccc(Cl)nc4)cc32)CC1.Fc1ccccc1. The fraction of sp³-hybridized carbons (Fsp3) is 0.370. The first kappa shape index (κ1) is 23.7. The maximum absolute atomic E-state index is 11.9. The second-order valence-electron chi connectivity index (χ2n) is 8.61. The number of piperidine rings is 1. The zero-order valence-electron chi connectivity index (χ0n) is 19.0. The molecule has 4 nitrogen and oxygen atoms in total. The van der Waals surface area contributed by atoms with Crippen molar-refractivity contribution in [2.45, 2.75) is 38.3 Å². The van der Waals surface area contributed by atoms with Crippen LogP contribution in [0.25, 0.3) is 0 Å². The van der Waals surface area contributed by atoms with Gasteiger partial charge in [-0.25, -0.2) is 9.37 Å². The van der Waals surface area contributed by atoms with E-state index in [1.165, 1.54) is 49.3 Å². The minimum absolute atomic E-state index is 0.178. The van der Waals surface area contributed by atoms with E-state index in [2.05, 4.69) is 33.8 Å². The summed E-state index contributed by atoms with van der Waals surface area (Å²) in [6, 6.07) is 18.5. The Balaban J connectivity index is 0.000000318. The number of hydrogen-bond donors (Lipinski definition) is 1. The average molecular weight is 468 g/mol. The highest BCUT2D eigenvalue weighted by Gasteiger charge is 2.29. The number of rotatable bonds is 4. The van der Waals surface area contributed by atoms with Crippen LogP contribution >= 0.6 is 11.6 Å². The zero-order valence-corrected chi connectivity index (χ0v) is 19.8. The van der Waals surface area contributed by atoms with Crippen molar-refractivity contribution in [1.82, 2.24) is 9.88 Å². The molecule has 1 saturated heterocycles. The fourth-order valence-corrected chi connectivity index (χ4v) is 4.79. The summed E-state index contributed by atoms with van der Waals surface area (Å²) in [6.07, 6.45) is 4.53. The van der Waals surface area contributed by atoms with Crippen LogP contribution in [-0.4, -0.2) is 47.2 Å². The van der Waals surface area contributed by atoms with E-state index in [-0.39, 0.29) is 5.82 Å². The van der Waals surface area contributed by atoms with Crippen molar-refractivity contribution in [3.63, 3.8) is 0 Å². The van der Waals surface area contributed by atoms with Crippen molar-refractivity contribution in [2.75, 3.05) is 31.1 Å². The van der Waals surface area contributed by atoms with Gasteiger partial charge >= 0.3 is 0 Å². The Morgan fingerprint density at radius 1 is 1.03 bits per heavy atom. The first-order valence-corrected chi connectivity index (χ1v) is 12.0. The lowest BCUT2D eigenvalue weighted by Gasteiger charge is -2.37. The molecular weight excluding hydrogens is 437 g/mol. The molecule has 1 N–H and O–H groups in total. The lowest BCUT2D eigenvalue weighted by atomic mass is 9.99. The molecule has 1 fully saturated rings. The number of fused-ring (bicyclic) bond motifs is 1. The topological polar surface area (TPSA) is 39.6 Å². The lowest BCUT2D eigenvalue weighted by molar-refractivity contribution is 0.218. The predicted molar refractivity (Wildman–Crippen MR) is 132 cm³/mol. The monoisotopic (exact) mass is 467 g/mol. The molecule has 0 radical (unpaired) electrons. The van der Waals surface area contributed by atoms with E-state index in [0.29, 0.717) is 11.2 Å². The number of benzene rings is 2. The summed E-state index contributed by atoms with van der Waals surface area (Å²) in [5.74, 6) is -0.178. The van der Waals surface area contributed by atoms with Crippen molar-refractivity contribution in [2.24, 2.45) is 0 Å². The van der Waals surface area contributed by atoms with E-state index in [0.717, 1.165) is 30.6 Å². The molecule has 33 heavy (non-hydrogen) atoms. The van der Waals surface area contributed by atoms with Gasteiger partial charge in [-0.15, -0.1) is 0 Å². The molecule has 5 rings (SSSR count). The first-order valence-electron chi connectivity index (χ1n) is 11.7. The molecule has 2 aromatic carbocycles. The number of aliphatic hydroxyl groups is 1. The van der Waals surface area contributed by atoms with Crippen molar-refractivity contribution < 1.29 is 9.50 Å². The molecule has 0 bridgehead atoms. The fourth-order valence-electron chi connectivity index (χ4n) is 4.67. The third kappa shape index (κ3) is 5.91. The quantitative estimate of drug-likeness (QED) is 0.515. The Labute approximate surface area is 200 Å². The normalized spacial score (nSPS) is 17.3. The van der Waals surface area contributed by atoms with Crippen LogP contribution < -0.4 is 4.90 Å². The van der Waals surface area contributed by atoms with Crippen LogP contribution in [0.2, 0.25) is 5.15 Å². The van der Waals surface area contributed by atoms with Crippen LogP contribution in [0.3, 0.4) is 0 Å². The molecule has 0 aliphatic carbocycles. The highest BCUT2D eigenvalue weighted by atomic mass is 35.5. The maximum atomic E-state index is 11.9. The molecule has 0 spiro atoms. The molecule has 2 aliphatic rings. The molecule has 0 amide bonds. The summed E-state index contributed by atoms with van der Waals surface area (Å²) in [6.45, 7) is 6.85. The van der Waals surface area contributed by atoms with Gasteiger partial charge in [0.2, 0.25) is 0 Å². The lowest BCUT2D eigenvalue weighted by Crippen LogP contribution is -2.44. The predicted octanol–water partition coefficient (Wildman–Crippen LogP) is 5.49. The number of aromatic nitrogens is 1. The molecule has 3 aromatic rings. The third-order valence-electron chi connectivity index (χ3n) is 6.60. The van der Waals surface area contributed by atoms with Gasteiger partial charge in [-0.05, 0) is 61.2 Å². The molecule has 174 valence electrons. The molecule has 0 saturated carbocycles. The van der Waals surface area contributed by atoms with Gasteiger partial charge in [0.15, 0.2) is 0 Å². The Bertz CT molecular complexity index is 1020. The second kappa shape index (κ2) is 11.1. The number of pyridine rings is 1. The Morgan fingerprint density at radius 2 is 1.76 bits per heavy atom. The smallest absolute Gasteiger partial charge is 0.129 e. The van der Waals surface area contributed by atoms with Crippen molar-refractivity contribution in [3.8, 4) is 0 Å². The molecule has 3 heterocycles. The Hall–Kier alpha value is -2.47. The van der Waals surface area contributed by atoms with Gasteiger partial charge in [-0.3, -0.25) is 0 Å². The van der Waals surface area contributed by atoms with E-state index >= 15 is 0 Å². The van der Waals surface area contributed by atoms with Crippen LogP contribution in [0, 0.1) is 5.82 Å². The van der Waals surface area contributed by atoms with Gasteiger partial charge in [0.1, 0.15) is 17.1 Å². The van der Waals surface area contributed by atoms with E-state index in [4.69, 9.17) is 11.6 Å². The minimum atomic E-state index is -0.672. The van der Waals surface area contributed by atoms with E-state index in [1.54, 1.807) is 30.5 Å². The highest BCUT2D eigenvalue weighted by molar-refractivity contribution is 6.29. The molecule has 1 atom stereocenters. The standard InChI is InChI=1S/C21H26ClN3O.C6H5F/c1-2-24-10-8-18(9-11-24)25-12-7-15-3-4-16(13-19(15)25)21(26)17-5-6-20(22)23-14-17;7-6-4-2-1-3-5-6/h3-6,13-14,18,21,26H,2,7-12H2,1H3;1-5H. The minimum Gasteiger partial charge on any atom is -0.384 e. The Kier molecular flexibility index (Phi) is 7.97. The van der Waals surface area contributed by atoms with E-state index in [1.807, 2.05) is 12.1 Å². The van der Waals surface area contributed by atoms with E-state index < -0.39 is 6.10 Å². The number of nitrogens with zero attached hydrogens (tertiary/aromatic N) is 3. The van der Waals surface area contributed by atoms with Crippen LogP contribution in [-0.2, 0) is 6.42 Å². The third-order valence-corrected chi connectivity index (χ3v) is 6.82. The summed E-state index contributed by atoms with van der Waals surface area (Å²) >= 11 is 5.86. The first-order chi connectivity index (χ1) is 16.0. The molecule has 2 aliphatic heterocycles. The van der Waals surface area contributed by atoms with Crippen molar-refractivity contribution in [3.05, 3.63) is 94.5 Å². The summed E-state index contributed by atoms with van der Waals surface area (Å²) in [7, 11) is 0. The van der Waals surface area contributed by atoms with Crippen molar-refractivity contribution in [1.29, 1.82) is 0 Å². The van der Waals surface area contributed by atoms with Crippen molar-refractivity contribution >= 4 is 17.3 Å². The van der Waals surface area contributed by atoms with Gasteiger partial charge in [0, 0.05) is 43.1 Å². The molecule has 1 aromatic heterocycles. The average Bonchev–Trinajstić information content (AvgIpc) is 3.28. The van der Waals surface area contributed by atoms with Gasteiger partial charge in [-0.1, -0.05) is 54.9 Å². The zero-order chi connectivity index (χ0) is 23.2. The van der Waals surface area contributed by atoms with Gasteiger partial charge in [0.05, 0.1) is 0 Å². The second-order valence-corrected chi connectivity index (χ2v) is 9.00. The highest BCUT2D eigenvalue weighted by Crippen LogP contribution is 2.35. The Morgan fingerprint density at radius 3 is 2.36 bits per heavy atom. The van der Waals surface area contributed by atoms with E-state index in [9.17, 15) is 9.50 Å². The molecular formula is C27H31ClFN3O. The summed E-state index contributed by atoms with van der Waals surface area (Å²) in [5.41, 5.74) is 4.40.